The van der Waals surface area contributed by atoms with Gasteiger partial charge in [0.05, 0.1) is 14.2 Å². The van der Waals surface area contributed by atoms with Crippen LogP contribution in [0.4, 0.5) is 9.18 Å². The minimum Gasteiger partial charge on any atom is -0.497 e. The Hall–Kier alpha value is -3.38. The molecule has 3 aromatic carbocycles. The van der Waals surface area contributed by atoms with E-state index >= 15 is 0 Å². The van der Waals surface area contributed by atoms with Crippen molar-refractivity contribution in [3.05, 3.63) is 101 Å². The molecule has 1 fully saturated rings. The third kappa shape index (κ3) is 6.61. The van der Waals surface area contributed by atoms with Crippen LogP contribution >= 0.6 is 0 Å². The lowest BCUT2D eigenvalue weighted by Gasteiger charge is -2.34. The highest BCUT2D eigenvalue weighted by atomic mass is 19.1. The van der Waals surface area contributed by atoms with E-state index in [0.717, 1.165) is 54.9 Å². The van der Waals surface area contributed by atoms with Gasteiger partial charge in [0.1, 0.15) is 11.6 Å². The van der Waals surface area contributed by atoms with Crippen LogP contribution in [0.3, 0.4) is 0 Å². The van der Waals surface area contributed by atoms with Gasteiger partial charge in [0.2, 0.25) is 0 Å². The number of carbonyl (C=O) groups excluding carboxylic acids is 1. The Kier molecular flexibility index (Phi) is 8.37. The van der Waals surface area contributed by atoms with E-state index in [9.17, 15) is 9.18 Å². The van der Waals surface area contributed by atoms with Crippen molar-refractivity contribution in [1.82, 2.24) is 9.80 Å². The quantitative estimate of drug-likeness (QED) is 0.401. The number of hydrogen-bond donors (Lipinski definition) is 0. The third-order valence-corrected chi connectivity index (χ3v) is 6.71. The van der Waals surface area contributed by atoms with Gasteiger partial charge in [-0.2, -0.15) is 0 Å². The van der Waals surface area contributed by atoms with Gasteiger partial charge in [0, 0.05) is 19.6 Å². The van der Waals surface area contributed by atoms with Crippen molar-refractivity contribution in [2.45, 2.75) is 38.4 Å². The Morgan fingerprint density at radius 3 is 2.31 bits per heavy atom. The molecule has 1 saturated heterocycles. The second-order valence-electron chi connectivity index (χ2n) is 9.05. The largest absolute Gasteiger partial charge is 0.497 e. The second-order valence-corrected chi connectivity index (χ2v) is 9.05. The first kappa shape index (κ1) is 24.7. The number of carbonyl (C=O) groups is 1. The van der Waals surface area contributed by atoms with E-state index < -0.39 is 0 Å². The van der Waals surface area contributed by atoms with Crippen molar-refractivity contribution < 1.29 is 18.7 Å². The van der Waals surface area contributed by atoms with Gasteiger partial charge in [0.25, 0.3) is 0 Å². The predicted octanol–water partition coefficient (Wildman–Crippen LogP) is 5.98. The smallest absolute Gasteiger partial charge is 0.410 e. The molecule has 5 nitrogen and oxygen atoms in total. The first-order chi connectivity index (χ1) is 17.1. The van der Waals surface area contributed by atoms with Gasteiger partial charge in [-0.25, -0.2) is 9.18 Å². The molecule has 0 unspecified atom stereocenters. The number of piperidine rings is 1. The summed E-state index contributed by atoms with van der Waals surface area (Å²) in [5.74, 6) is 0.997. The van der Waals surface area contributed by atoms with Crippen molar-refractivity contribution >= 4 is 6.09 Å². The van der Waals surface area contributed by atoms with E-state index in [1.807, 2.05) is 48.5 Å². The van der Waals surface area contributed by atoms with Gasteiger partial charge in [-0.1, -0.05) is 48.5 Å². The number of hydrogen-bond acceptors (Lipinski definition) is 4. The van der Waals surface area contributed by atoms with E-state index in [1.165, 1.54) is 24.8 Å². The van der Waals surface area contributed by atoms with Crippen molar-refractivity contribution in [2.24, 2.45) is 0 Å². The van der Waals surface area contributed by atoms with E-state index in [4.69, 9.17) is 9.47 Å². The molecule has 3 aromatic rings. The lowest BCUT2D eigenvalue weighted by molar-refractivity contribution is 0.117. The third-order valence-electron chi connectivity index (χ3n) is 6.71. The number of halogens is 1. The molecule has 1 amide bonds. The van der Waals surface area contributed by atoms with Crippen LogP contribution in [0, 0.1) is 5.82 Å². The molecule has 0 aliphatic carbocycles. The summed E-state index contributed by atoms with van der Waals surface area (Å²) >= 11 is 0. The summed E-state index contributed by atoms with van der Waals surface area (Å²) in [6, 6.07) is 22.9. The Bertz CT molecular complexity index is 1100. The molecule has 0 N–H and O–H groups in total. The summed E-state index contributed by atoms with van der Waals surface area (Å²) in [6.07, 6.45) is 1.68. The van der Waals surface area contributed by atoms with Crippen LogP contribution in [-0.4, -0.2) is 43.2 Å². The molecule has 1 heterocycles. The minimum absolute atomic E-state index is 0.203. The molecule has 1 aliphatic heterocycles. The number of methoxy groups -OCH3 is 2. The Morgan fingerprint density at radius 1 is 0.943 bits per heavy atom. The normalized spacial score (nSPS) is 14.5. The monoisotopic (exact) mass is 476 g/mol. The molecule has 0 radical (unpaired) electrons. The summed E-state index contributed by atoms with van der Waals surface area (Å²) in [4.78, 5) is 16.8. The highest BCUT2D eigenvalue weighted by Gasteiger charge is 2.25. The van der Waals surface area contributed by atoms with Crippen LogP contribution in [0.1, 0.15) is 41.0 Å². The van der Waals surface area contributed by atoms with Crippen molar-refractivity contribution in [2.75, 3.05) is 27.3 Å². The van der Waals surface area contributed by atoms with E-state index in [0.29, 0.717) is 19.0 Å². The number of nitrogens with zero attached hydrogens (tertiary/aromatic N) is 2. The molecule has 6 heteroatoms. The van der Waals surface area contributed by atoms with Crippen LogP contribution in [-0.2, 0) is 24.4 Å². The number of benzene rings is 3. The zero-order valence-corrected chi connectivity index (χ0v) is 20.5. The maximum Gasteiger partial charge on any atom is 0.410 e. The fourth-order valence-corrected chi connectivity index (χ4v) is 4.80. The zero-order chi connectivity index (χ0) is 24.6. The van der Waals surface area contributed by atoms with Gasteiger partial charge in [-0.15, -0.1) is 0 Å². The maximum atomic E-state index is 13.2. The van der Waals surface area contributed by atoms with Crippen molar-refractivity contribution in [1.29, 1.82) is 0 Å². The summed E-state index contributed by atoms with van der Waals surface area (Å²) < 4.78 is 23.9. The zero-order valence-electron chi connectivity index (χ0n) is 20.5. The topological polar surface area (TPSA) is 42.0 Å². The van der Waals surface area contributed by atoms with E-state index in [2.05, 4.69) is 17.0 Å². The van der Waals surface area contributed by atoms with Gasteiger partial charge >= 0.3 is 6.09 Å². The number of amides is 1. The standard InChI is InChI=1S/C29H33FN2O3/c1-34-27-13-10-25(21-32(29(33)35-2)20-22-6-4-3-5-7-22)28(18-27)24-14-16-31(17-15-24)19-23-8-11-26(30)12-9-23/h3-13,18,24H,14-17,19-21H2,1-2H3. The average Bonchev–Trinajstić information content (AvgIpc) is 2.90. The molecule has 35 heavy (non-hydrogen) atoms. The minimum atomic E-state index is -0.343. The van der Waals surface area contributed by atoms with E-state index in [1.54, 1.807) is 12.0 Å². The number of rotatable bonds is 8. The Balaban J connectivity index is 1.48. The molecule has 0 bridgehead atoms. The molecule has 0 spiro atoms. The molecule has 184 valence electrons. The van der Waals surface area contributed by atoms with Crippen LogP contribution in [0.2, 0.25) is 0 Å². The lowest BCUT2D eigenvalue weighted by Crippen LogP contribution is -2.33. The Morgan fingerprint density at radius 2 is 1.66 bits per heavy atom. The maximum absolute atomic E-state index is 13.2. The van der Waals surface area contributed by atoms with E-state index in [-0.39, 0.29) is 11.9 Å². The van der Waals surface area contributed by atoms with Crippen molar-refractivity contribution in [3.8, 4) is 5.75 Å². The summed E-state index contributed by atoms with van der Waals surface area (Å²) in [5.41, 5.74) is 4.53. The highest BCUT2D eigenvalue weighted by molar-refractivity contribution is 5.67. The van der Waals surface area contributed by atoms with Crippen molar-refractivity contribution in [3.63, 3.8) is 0 Å². The van der Waals surface area contributed by atoms with Gasteiger partial charge < -0.3 is 9.47 Å². The average molecular weight is 477 g/mol. The van der Waals surface area contributed by atoms with Gasteiger partial charge in [-0.05, 0) is 78.4 Å². The van der Waals surface area contributed by atoms with Crippen LogP contribution < -0.4 is 4.74 Å². The van der Waals surface area contributed by atoms with Gasteiger partial charge in [-0.3, -0.25) is 9.80 Å². The predicted molar refractivity (Wildman–Crippen MR) is 135 cm³/mol. The van der Waals surface area contributed by atoms with Crippen LogP contribution in [0.25, 0.3) is 0 Å². The number of likely N-dealkylation sites (tertiary alicyclic amines) is 1. The number of ether oxygens (including phenoxy) is 2. The Labute approximate surface area is 207 Å². The van der Waals surface area contributed by atoms with Gasteiger partial charge in [0.15, 0.2) is 0 Å². The first-order valence-electron chi connectivity index (χ1n) is 12.1. The highest BCUT2D eigenvalue weighted by Crippen LogP contribution is 2.34. The van der Waals surface area contributed by atoms with Crippen LogP contribution in [0.15, 0.2) is 72.8 Å². The molecule has 0 saturated carbocycles. The summed E-state index contributed by atoms with van der Waals surface area (Å²) in [6.45, 7) is 3.70. The SMILES string of the molecule is COC(=O)N(Cc1ccccc1)Cc1ccc(OC)cc1C1CCN(Cc2ccc(F)cc2)CC1. The molecular weight excluding hydrogens is 443 g/mol. The summed E-state index contributed by atoms with van der Waals surface area (Å²) in [7, 11) is 3.10. The fourth-order valence-electron chi connectivity index (χ4n) is 4.80. The lowest BCUT2D eigenvalue weighted by atomic mass is 9.86. The second kappa shape index (κ2) is 11.8. The fraction of sp³-hybridized carbons (Fsp3) is 0.345. The molecule has 0 aromatic heterocycles. The molecular formula is C29H33FN2O3. The first-order valence-corrected chi connectivity index (χ1v) is 12.1. The molecule has 4 rings (SSSR count). The molecule has 0 atom stereocenters. The van der Waals surface area contributed by atoms with Crippen LogP contribution in [0.5, 0.6) is 5.75 Å². The summed E-state index contributed by atoms with van der Waals surface area (Å²) in [5, 5.41) is 0. The molecule has 1 aliphatic rings.